The maximum atomic E-state index is 9.68. The van der Waals surface area contributed by atoms with Crippen LogP contribution in [-0.2, 0) is 6.42 Å². The molecule has 120 valence electrons. The van der Waals surface area contributed by atoms with Gasteiger partial charge in [0.05, 0.1) is 12.2 Å². The summed E-state index contributed by atoms with van der Waals surface area (Å²) in [5.41, 5.74) is 1.13. The van der Waals surface area contributed by atoms with E-state index in [2.05, 4.69) is 39.9 Å². The molecule has 0 aliphatic carbocycles. The molecule has 21 heavy (non-hydrogen) atoms. The van der Waals surface area contributed by atoms with E-state index in [4.69, 9.17) is 4.43 Å². The SMILES string of the molecule is C[C@@H](O)[C@H](O)CCc1cccc(O[Si](C)(C)C(C)(C)C)c1. The second-order valence-corrected chi connectivity index (χ2v) is 12.1. The molecule has 0 bridgehead atoms. The third-order valence-electron chi connectivity index (χ3n) is 4.36. The van der Waals surface area contributed by atoms with E-state index in [1.807, 2.05) is 18.2 Å². The molecule has 0 saturated carbocycles. The Balaban J connectivity index is 2.73. The predicted molar refractivity (Wildman–Crippen MR) is 90.3 cm³/mol. The first kappa shape index (κ1) is 18.2. The van der Waals surface area contributed by atoms with Crippen LogP contribution in [0.5, 0.6) is 5.75 Å². The molecule has 4 heteroatoms. The molecular formula is C17H30O3Si. The van der Waals surface area contributed by atoms with Gasteiger partial charge in [0.25, 0.3) is 0 Å². The van der Waals surface area contributed by atoms with Gasteiger partial charge < -0.3 is 14.6 Å². The van der Waals surface area contributed by atoms with Crippen LogP contribution in [0, 0.1) is 0 Å². The second-order valence-electron chi connectivity index (χ2n) is 7.36. The van der Waals surface area contributed by atoms with Crippen LogP contribution in [-0.4, -0.2) is 30.7 Å². The Kier molecular flexibility index (Phi) is 6.02. The molecule has 0 saturated heterocycles. The Morgan fingerprint density at radius 1 is 1.19 bits per heavy atom. The standard InChI is InChI=1S/C17H30O3Si/c1-13(18)16(19)11-10-14-8-7-9-15(12-14)20-21(5,6)17(2,3)4/h7-9,12-13,16,18-19H,10-11H2,1-6H3/t13-,16-/m1/s1. The van der Waals surface area contributed by atoms with Gasteiger partial charge in [-0.1, -0.05) is 32.9 Å². The van der Waals surface area contributed by atoms with Gasteiger partial charge in [-0.3, -0.25) is 0 Å². The summed E-state index contributed by atoms with van der Waals surface area (Å²) < 4.78 is 6.29. The molecule has 0 unspecified atom stereocenters. The van der Waals surface area contributed by atoms with Crippen molar-refractivity contribution < 1.29 is 14.6 Å². The van der Waals surface area contributed by atoms with Gasteiger partial charge in [0.2, 0.25) is 8.32 Å². The third kappa shape index (κ3) is 5.45. The van der Waals surface area contributed by atoms with Gasteiger partial charge in [0, 0.05) is 0 Å². The quantitative estimate of drug-likeness (QED) is 0.787. The van der Waals surface area contributed by atoms with Crippen LogP contribution in [0.2, 0.25) is 18.1 Å². The van der Waals surface area contributed by atoms with Crippen LogP contribution in [0.3, 0.4) is 0 Å². The first-order valence-corrected chi connectivity index (χ1v) is 10.6. The first-order chi connectivity index (χ1) is 9.53. The van der Waals surface area contributed by atoms with Crippen LogP contribution in [0.1, 0.15) is 39.7 Å². The number of hydrogen-bond acceptors (Lipinski definition) is 3. The summed E-state index contributed by atoms with van der Waals surface area (Å²) in [7, 11) is -1.82. The molecule has 0 aliphatic heterocycles. The van der Waals surface area contributed by atoms with E-state index in [-0.39, 0.29) is 5.04 Å². The number of aryl methyl sites for hydroxylation is 1. The lowest BCUT2D eigenvalue weighted by atomic mass is 10.0. The maximum absolute atomic E-state index is 9.68. The number of aliphatic hydroxyl groups is 2. The normalized spacial score (nSPS) is 15.6. The van der Waals surface area contributed by atoms with Crippen molar-refractivity contribution in [1.29, 1.82) is 0 Å². The maximum Gasteiger partial charge on any atom is 0.250 e. The van der Waals surface area contributed by atoms with Crippen LogP contribution >= 0.6 is 0 Å². The number of benzene rings is 1. The number of hydrogen-bond donors (Lipinski definition) is 2. The van der Waals surface area contributed by atoms with Crippen LogP contribution in [0.25, 0.3) is 0 Å². The summed E-state index contributed by atoms with van der Waals surface area (Å²) in [5.74, 6) is 0.908. The highest BCUT2D eigenvalue weighted by Crippen LogP contribution is 2.37. The highest BCUT2D eigenvalue weighted by molar-refractivity contribution is 6.74. The average Bonchev–Trinajstić information content (AvgIpc) is 2.34. The Hall–Kier alpha value is -0.843. The van der Waals surface area contributed by atoms with Crippen molar-refractivity contribution >= 4 is 8.32 Å². The van der Waals surface area contributed by atoms with Gasteiger partial charge in [-0.2, -0.15) is 0 Å². The van der Waals surface area contributed by atoms with Crippen molar-refractivity contribution in [1.82, 2.24) is 0 Å². The smallest absolute Gasteiger partial charge is 0.250 e. The minimum absolute atomic E-state index is 0.172. The molecule has 0 spiro atoms. The molecule has 0 aliphatic rings. The summed E-state index contributed by atoms with van der Waals surface area (Å²) in [6.45, 7) is 12.8. The lowest BCUT2D eigenvalue weighted by molar-refractivity contribution is 0.0265. The average molecular weight is 311 g/mol. The summed E-state index contributed by atoms with van der Waals surface area (Å²) in [5, 5.41) is 19.2. The van der Waals surface area contributed by atoms with E-state index in [1.165, 1.54) is 0 Å². The number of aliphatic hydroxyl groups excluding tert-OH is 2. The lowest BCUT2D eigenvalue weighted by Gasteiger charge is -2.36. The Labute approximate surface area is 130 Å². The largest absolute Gasteiger partial charge is 0.543 e. The summed E-state index contributed by atoms with van der Waals surface area (Å²) >= 11 is 0. The second kappa shape index (κ2) is 6.94. The van der Waals surface area contributed by atoms with Gasteiger partial charge in [0.15, 0.2) is 0 Å². The molecule has 1 aromatic rings. The third-order valence-corrected chi connectivity index (χ3v) is 8.72. The molecule has 0 heterocycles. The van der Waals surface area contributed by atoms with Gasteiger partial charge >= 0.3 is 0 Å². The zero-order valence-electron chi connectivity index (χ0n) is 14.2. The van der Waals surface area contributed by atoms with Crippen LogP contribution < -0.4 is 4.43 Å². The van der Waals surface area contributed by atoms with Crippen LogP contribution in [0.4, 0.5) is 0 Å². The van der Waals surface area contributed by atoms with Gasteiger partial charge in [-0.05, 0) is 55.6 Å². The molecule has 2 N–H and O–H groups in total. The predicted octanol–water partition coefficient (Wildman–Crippen LogP) is 3.74. The van der Waals surface area contributed by atoms with E-state index < -0.39 is 20.5 Å². The van der Waals surface area contributed by atoms with Crippen molar-refractivity contribution in [3.05, 3.63) is 29.8 Å². The van der Waals surface area contributed by atoms with Gasteiger partial charge in [-0.15, -0.1) is 0 Å². The van der Waals surface area contributed by atoms with Gasteiger partial charge in [-0.25, -0.2) is 0 Å². The molecule has 0 radical (unpaired) electrons. The minimum atomic E-state index is -1.82. The van der Waals surface area contributed by atoms with Crippen molar-refractivity contribution in [3.63, 3.8) is 0 Å². The Morgan fingerprint density at radius 3 is 2.33 bits per heavy atom. The number of rotatable bonds is 6. The van der Waals surface area contributed by atoms with E-state index in [9.17, 15) is 10.2 Å². The zero-order chi connectivity index (χ0) is 16.3. The zero-order valence-corrected chi connectivity index (χ0v) is 15.2. The molecule has 0 amide bonds. The molecule has 0 fully saturated rings. The van der Waals surface area contributed by atoms with Crippen molar-refractivity contribution in [2.24, 2.45) is 0 Å². The Bertz CT molecular complexity index is 450. The highest BCUT2D eigenvalue weighted by Gasteiger charge is 2.38. The molecule has 0 aromatic heterocycles. The fraction of sp³-hybridized carbons (Fsp3) is 0.647. The molecule has 1 rings (SSSR count). The van der Waals surface area contributed by atoms with Crippen molar-refractivity contribution in [3.8, 4) is 5.75 Å². The van der Waals surface area contributed by atoms with Crippen molar-refractivity contribution in [2.45, 2.75) is 70.9 Å². The highest BCUT2D eigenvalue weighted by atomic mass is 28.4. The lowest BCUT2D eigenvalue weighted by Crippen LogP contribution is -2.43. The fourth-order valence-electron chi connectivity index (χ4n) is 1.77. The molecule has 2 atom stereocenters. The van der Waals surface area contributed by atoms with Crippen LogP contribution in [0.15, 0.2) is 24.3 Å². The minimum Gasteiger partial charge on any atom is -0.543 e. The molecule has 3 nitrogen and oxygen atoms in total. The van der Waals surface area contributed by atoms with Crippen molar-refractivity contribution in [2.75, 3.05) is 0 Å². The fourth-order valence-corrected chi connectivity index (χ4v) is 2.79. The summed E-state index contributed by atoms with van der Waals surface area (Å²) in [6.07, 6.45) is -0.0613. The topological polar surface area (TPSA) is 49.7 Å². The van der Waals surface area contributed by atoms with Gasteiger partial charge in [0.1, 0.15) is 5.75 Å². The van der Waals surface area contributed by atoms with E-state index in [0.29, 0.717) is 6.42 Å². The molecular weight excluding hydrogens is 280 g/mol. The summed E-state index contributed by atoms with van der Waals surface area (Å²) in [6, 6.07) is 8.07. The van der Waals surface area contributed by atoms with E-state index in [0.717, 1.165) is 17.7 Å². The van der Waals surface area contributed by atoms with E-state index in [1.54, 1.807) is 6.92 Å². The monoisotopic (exact) mass is 310 g/mol. The molecule has 1 aromatic carbocycles. The summed E-state index contributed by atoms with van der Waals surface area (Å²) in [4.78, 5) is 0. The Morgan fingerprint density at radius 2 is 1.81 bits per heavy atom. The van der Waals surface area contributed by atoms with E-state index >= 15 is 0 Å². The first-order valence-electron chi connectivity index (χ1n) is 7.67.